The molecule has 0 aliphatic heterocycles. The number of aliphatic hydroxyl groups excluding tert-OH is 1. The van der Waals surface area contributed by atoms with Crippen LogP contribution in [0.2, 0.25) is 0 Å². The van der Waals surface area contributed by atoms with Crippen LogP contribution in [0.4, 0.5) is 4.79 Å². The summed E-state index contributed by atoms with van der Waals surface area (Å²) >= 11 is 0. The standard InChI is InChI=1S/C12H20N2O4/c1-2-5-13(6-7-15)12(18)14(9-11(16)17)8-10-3-4-10/h2,10,15H,1,3-9H2,(H,16,17). The number of nitrogens with zero attached hydrogens (tertiary/aromatic N) is 2. The zero-order valence-electron chi connectivity index (χ0n) is 10.4. The summed E-state index contributed by atoms with van der Waals surface area (Å²) in [5, 5.41) is 17.7. The van der Waals surface area contributed by atoms with Gasteiger partial charge in [-0.3, -0.25) is 4.79 Å². The van der Waals surface area contributed by atoms with Crippen LogP contribution in [0.1, 0.15) is 12.8 Å². The van der Waals surface area contributed by atoms with Crippen molar-refractivity contribution in [3.8, 4) is 0 Å². The number of hydrogen-bond acceptors (Lipinski definition) is 3. The molecule has 0 aromatic rings. The number of carbonyl (C=O) groups excluding carboxylic acids is 1. The summed E-state index contributed by atoms with van der Waals surface area (Å²) in [6.07, 6.45) is 3.65. The maximum atomic E-state index is 12.2. The Morgan fingerprint density at radius 3 is 2.44 bits per heavy atom. The van der Waals surface area contributed by atoms with Gasteiger partial charge in [0.2, 0.25) is 0 Å². The smallest absolute Gasteiger partial charge is 0.323 e. The van der Waals surface area contributed by atoms with Crippen molar-refractivity contribution in [2.45, 2.75) is 12.8 Å². The van der Waals surface area contributed by atoms with Gasteiger partial charge in [0.25, 0.3) is 0 Å². The predicted octanol–water partition coefficient (Wildman–Crippen LogP) is 0.383. The third-order valence-electron chi connectivity index (χ3n) is 2.76. The monoisotopic (exact) mass is 256 g/mol. The molecule has 0 saturated heterocycles. The number of carboxylic acid groups (broad SMARTS) is 1. The van der Waals surface area contributed by atoms with Gasteiger partial charge in [-0.1, -0.05) is 6.08 Å². The molecule has 2 amide bonds. The topological polar surface area (TPSA) is 81.1 Å². The minimum Gasteiger partial charge on any atom is -0.480 e. The molecule has 6 nitrogen and oxygen atoms in total. The van der Waals surface area contributed by atoms with Crippen molar-refractivity contribution in [3.05, 3.63) is 12.7 Å². The zero-order chi connectivity index (χ0) is 13.5. The Bertz CT molecular complexity index is 315. The van der Waals surface area contributed by atoms with Crippen molar-refractivity contribution in [1.82, 2.24) is 9.80 Å². The molecule has 1 aliphatic carbocycles. The third-order valence-corrected chi connectivity index (χ3v) is 2.76. The molecular weight excluding hydrogens is 236 g/mol. The van der Waals surface area contributed by atoms with Crippen molar-refractivity contribution in [1.29, 1.82) is 0 Å². The number of carboxylic acids is 1. The van der Waals surface area contributed by atoms with Crippen LogP contribution in [0, 0.1) is 5.92 Å². The number of carbonyl (C=O) groups is 2. The van der Waals surface area contributed by atoms with Gasteiger partial charge in [-0.2, -0.15) is 0 Å². The van der Waals surface area contributed by atoms with E-state index in [0.717, 1.165) is 12.8 Å². The summed E-state index contributed by atoms with van der Waals surface area (Å²) in [6.45, 7) is 4.07. The van der Waals surface area contributed by atoms with Crippen LogP contribution in [0.3, 0.4) is 0 Å². The molecule has 1 fully saturated rings. The molecule has 0 spiro atoms. The Morgan fingerprint density at radius 2 is 2.00 bits per heavy atom. The first kappa shape index (κ1) is 14.5. The van der Waals surface area contributed by atoms with Gasteiger partial charge in [0.05, 0.1) is 6.61 Å². The fourth-order valence-corrected chi connectivity index (χ4v) is 1.73. The van der Waals surface area contributed by atoms with Crippen LogP contribution >= 0.6 is 0 Å². The molecule has 0 atom stereocenters. The van der Waals surface area contributed by atoms with Crippen LogP contribution in [0.25, 0.3) is 0 Å². The molecule has 0 radical (unpaired) electrons. The van der Waals surface area contributed by atoms with E-state index in [1.807, 2.05) is 0 Å². The zero-order valence-corrected chi connectivity index (χ0v) is 10.4. The van der Waals surface area contributed by atoms with Crippen molar-refractivity contribution >= 4 is 12.0 Å². The normalized spacial score (nSPS) is 14.1. The summed E-state index contributed by atoms with van der Waals surface area (Å²) < 4.78 is 0. The first-order valence-electron chi connectivity index (χ1n) is 6.06. The van der Waals surface area contributed by atoms with Gasteiger partial charge in [-0.15, -0.1) is 6.58 Å². The average molecular weight is 256 g/mol. The Labute approximate surface area is 106 Å². The number of aliphatic hydroxyl groups is 1. The Morgan fingerprint density at radius 1 is 1.33 bits per heavy atom. The van der Waals surface area contributed by atoms with Gasteiger partial charge in [-0.25, -0.2) is 4.79 Å². The maximum absolute atomic E-state index is 12.2. The molecule has 102 valence electrons. The summed E-state index contributed by atoms with van der Waals surface area (Å²) in [5.74, 6) is -0.598. The Balaban J connectivity index is 2.63. The van der Waals surface area contributed by atoms with E-state index in [4.69, 9.17) is 10.2 Å². The van der Waals surface area contributed by atoms with E-state index < -0.39 is 5.97 Å². The van der Waals surface area contributed by atoms with E-state index in [1.165, 1.54) is 9.80 Å². The fourth-order valence-electron chi connectivity index (χ4n) is 1.73. The average Bonchev–Trinajstić information content (AvgIpc) is 3.10. The van der Waals surface area contributed by atoms with Crippen LogP contribution in [0.15, 0.2) is 12.7 Å². The molecule has 0 aromatic carbocycles. The van der Waals surface area contributed by atoms with E-state index in [1.54, 1.807) is 6.08 Å². The fraction of sp³-hybridized carbons (Fsp3) is 0.667. The SMILES string of the molecule is C=CCN(CCO)C(=O)N(CC(=O)O)CC1CC1. The second-order valence-electron chi connectivity index (χ2n) is 4.46. The second kappa shape index (κ2) is 7.00. The van der Waals surface area contributed by atoms with Crippen LogP contribution in [-0.4, -0.2) is 64.8 Å². The van der Waals surface area contributed by atoms with Crippen LogP contribution < -0.4 is 0 Å². The highest BCUT2D eigenvalue weighted by molar-refractivity contribution is 5.80. The lowest BCUT2D eigenvalue weighted by Gasteiger charge is -2.28. The third kappa shape index (κ3) is 4.75. The quantitative estimate of drug-likeness (QED) is 0.615. The Hall–Kier alpha value is -1.56. The van der Waals surface area contributed by atoms with Gasteiger partial charge in [0, 0.05) is 19.6 Å². The van der Waals surface area contributed by atoms with Crippen molar-refractivity contribution in [2.75, 3.05) is 32.8 Å². The number of rotatable bonds is 8. The van der Waals surface area contributed by atoms with Crippen molar-refractivity contribution < 1.29 is 19.8 Å². The molecule has 0 bridgehead atoms. The minimum atomic E-state index is -1.02. The van der Waals surface area contributed by atoms with Crippen molar-refractivity contribution in [2.24, 2.45) is 5.92 Å². The largest absolute Gasteiger partial charge is 0.480 e. The van der Waals surface area contributed by atoms with Crippen molar-refractivity contribution in [3.63, 3.8) is 0 Å². The van der Waals surface area contributed by atoms with Gasteiger partial charge in [-0.05, 0) is 18.8 Å². The highest BCUT2D eigenvalue weighted by Gasteiger charge is 2.29. The summed E-state index contributed by atoms with van der Waals surface area (Å²) in [4.78, 5) is 25.7. The molecule has 1 aliphatic rings. The lowest BCUT2D eigenvalue weighted by atomic mass is 10.3. The minimum absolute atomic E-state index is 0.149. The molecule has 2 N–H and O–H groups in total. The molecule has 0 heterocycles. The number of amides is 2. The first-order chi connectivity index (χ1) is 8.58. The second-order valence-corrected chi connectivity index (χ2v) is 4.46. The molecule has 18 heavy (non-hydrogen) atoms. The van der Waals surface area contributed by atoms with Crippen LogP contribution in [-0.2, 0) is 4.79 Å². The molecule has 6 heteroatoms. The van der Waals surface area contributed by atoms with Gasteiger partial charge in [0.1, 0.15) is 6.54 Å². The van der Waals surface area contributed by atoms with E-state index in [2.05, 4.69) is 6.58 Å². The predicted molar refractivity (Wildman–Crippen MR) is 66.2 cm³/mol. The lowest BCUT2D eigenvalue weighted by Crippen LogP contribution is -2.47. The highest BCUT2D eigenvalue weighted by Crippen LogP contribution is 2.29. The molecule has 1 saturated carbocycles. The lowest BCUT2D eigenvalue weighted by molar-refractivity contribution is -0.137. The van der Waals surface area contributed by atoms with E-state index >= 15 is 0 Å². The molecule has 1 rings (SSSR count). The molecular formula is C12H20N2O4. The highest BCUT2D eigenvalue weighted by atomic mass is 16.4. The van der Waals surface area contributed by atoms with E-state index in [0.29, 0.717) is 19.0 Å². The number of aliphatic carboxylic acids is 1. The van der Waals surface area contributed by atoms with E-state index in [-0.39, 0.29) is 25.7 Å². The van der Waals surface area contributed by atoms with Gasteiger partial charge >= 0.3 is 12.0 Å². The molecule has 0 unspecified atom stereocenters. The number of hydrogen-bond donors (Lipinski definition) is 2. The van der Waals surface area contributed by atoms with Gasteiger partial charge in [0.15, 0.2) is 0 Å². The molecule has 0 aromatic heterocycles. The summed E-state index contributed by atoms with van der Waals surface area (Å²) in [6, 6.07) is -0.349. The maximum Gasteiger partial charge on any atom is 0.323 e. The van der Waals surface area contributed by atoms with Crippen LogP contribution in [0.5, 0.6) is 0 Å². The summed E-state index contributed by atoms with van der Waals surface area (Å²) in [5.41, 5.74) is 0. The van der Waals surface area contributed by atoms with Gasteiger partial charge < -0.3 is 20.0 Å². The Kier molecular flexibility index (Phi) is 5.64. The first-order valence-corrected chi connectivity index (χ1v) is 6.06. The summed E-state index contributed by atoms with van der Waals surface area (Å²) in [7, 11) is 0. The van der Waals surface area contributed by atoms with E-state index in [9.17, 15) is 9.59 Å². The number of urea groups is 1.